The van der Waals surface area contributed by atoms with Gasteiger partial charge in [-0.1, -0.05) is 30.3 Å². The summed E-state index contributed by atoms with van der Waals surface area (Å²) in [5.41, 5.74) is 2.65. The second-order valence-electron chi connectivity index (χ2n) is 6.77. The van der Waals surface area contributed by atoms with Crippen LogP contribution in [0.5, 0.6) is 0 Å². The quantitative estimate of drug-likeness (QED) is 0.457. The van der Waals surface area contributed by atoms with E-state index < -0.39 is 5.97 Å². The smallest absolute Gasteiger partial charge is 0.350 e. The molecule has 1 aromatic carbocycles. The number of quaternary nitrogens is 1. The maximum absolute atomic E-state index is 13.1. The largest absolute Gasteiger partial charge is 0.465 e. The van der Waals surface area contributed by atoms with Crippen LogP contribution in [0.2, 0.25) is 0 Å². The molecule has 0 aliphatic rings. The number of aryl methyl sites for hydroxylation is 1. The van der Waals surface area contributed by atoms with Gasteiger partial charge in [0.25, 0.3) is 5.91 Å². The summed E-state index contributed by atoms with van der Waals surface area (Å²) in [6, 6.07) is 9.99. The molecule has 28 heavy (non-hydrogen) atoms. The number of esters is 1. The predicted octanol–water partition coefficient (Wildman–Crippen LogP) is 4.22. The van der Waals surface area contributed by atoms with E-state index in [1.165, 1.54) is 24.0 Å². The fraction of sp³-hybridized carbons (Fsp3) is 0.429. The van der Waals surface area contributed by atoms with Gasteiger partial charge in [-0.3, -0.25) is 4.79 Å². The molecule has 149 valence electrons. The van der Waals surface area contributed by atoms with Crippen molar-refractivity contribution in [1.29, 1.82) is 0 Å². The number of hydrogen-bond acceptors (Lipinski definition) is 4. The Morgan fingerprint density at radius 3 is 2.32 bits per heavy atom. The van der Waals surface area contributed by atoms with Crippen LogP contribution in [0.25, 0.3) is 0 Å². The van der Waals surface area contributed by atoms with E-state index in [1.54, 1.807) is 0 Å². The molecule has 0 saturated heterocycles. The SMILES string of the molecule is CC[N+](CC)(Cc1ccccc1)C(C)C(=O)Nc1c(C)csc1C(=O)OC.[Y]. The van der Waals surface area contributed by atoms with Gasteiger partial charge in [0.15, 0.2) is 6.04 Å². The number of anilines is 1. The van der Waals surface area contributed by atoms with E-state index in [4.69, 9.17) is 4.74 Å². The molecule has 1 unspecified atom stereocenters. The monoisotopic (exact) mass is 478 g/mol. The van der Waals surface area contributed by atoms with Crippen molar-refractivity contribution in [2.24, 2.45) is 0 Å². The van der Waals surface area contributed by atoms with Crippen LogP contribution in [0, 0.1) is 6.92 Å². The summed E-state index contributed by atoms with van der Waals surface area (Å²) in [6.07, 6.45) is 0. The third-order valence-electron chi connectivity index (χ3n) is 5.39. The number of benzene rings is 1. The van der Waals surface area contributed by atoms with Gasteiger partial charge in [-0.25, -0.2) is 4.79 Å². The first-order chi connectivity index (χ1) is 12.9. The van der Waals surface area contributed by atoms with Crippen LogP contribution in [0.1, 0.15) is 41.6 Å². The summed E-state index contributed by atoms with van der Waals surface area (Å²) >= 11 is 1.29. The first-order valence-corrected chi connectivity index (χ1v) is 10.1. The second kappa shape index (κ2) is 11.2. The molecule has 1 radical (unpaired) electrons. The molecule has 2 rings (SSSR count). The number of methoxy groups -OCH3 is 1. The number of nitrogens with zero attached hydrogens (tertiary/aromatic N) is 1. The van der Waals surface area contributed by atoms with Crippen LogP contribution in [-0.4, -0.2) is 42.6 Å². The van der Waals surface area contributed by atoms with Crippen LogP contribution in [0.4, 0.5) is 5.69 Å². The fourth-order valence-electron chi connectivity index (χ4n) is 3.40. The summed E-state index contributed by atoms with van der Waals surface area (Å²) < 4.78 is 5.48. The van der Waals surface area contributed by atoms with E-state index in [-0.39, 0.29) is 44.7 Å². The number of rotatable bonds is 8. The number of amides is 1. The van der Waals surface area contributed by atoms with Gasteiger partial charge in [0.2, 0.25) is 0 Å². The van der Waals surface area contributed by atoms with E-state index >= 15 is 0 Å². The number of carbonyl (C=O) groups is 2. The minimum absolute atomic E-state index is 0. The Morgan fingerprint density at radius 2 is 1.79 bits per heavy atom. The number of hydrogen-bond donors (Lipinski definition) is 1. The van der Waals surface area contributed by atoms with Crippen molar-refractivity contribution in [3.05, 3.63) is 51.7 Å². The molecule has 0 aliphatic heterocycles. The minimum atomic E-state index is -0.424. The van der Waals surface area contributed by atoms with Gasteiger partial charge < -0.3 is 14.5 Å². The maximum atomic E-state index is 13.1. The van der Waals surface area contributed by atoms with E-state index in [1.807, 2.05) is 37.4 Å². The second-order valence-corrected chi connectivity index (χ2v) is 7.65. The predicted molar refractivity (Wildman–Crippen MR) is 110 cm³/mol. The summed E-state index contributed by atoms with van der Waals surface area (Å²) in [4.78, 5) is 25.5. The molecule has 7 heteroatoms. The van der Waals surface area contributed by atoms with Crippen LogP contribution in [0.15, 0.2) is 35.7 Å². The van der Waals surface area contributed by atoms with Crippen molar-refractivity contribution in [1.82, 2.24) is 0 Å². The Labute approximate surface area is 196 Å². The van der Waals surface area contributed by atoms with Crippen LogP contribution >= 0.6 is 11.3 Å². The molecule has 2 aromatic rings. The van der Waals surface area contributed by atoms with Crippen LogP contribution in [0.3, 0.4) is 0 Å². The molecule has 0 saturated carbocycles. The van der Waals surface area contributed by atoms with Gasteiger partial charge in [0.1, 0.15) is 11.4 Å². The summed E-state index contributed by atoms with van der Waals surface area (Å²) in [5, 5.41) is 4.85. The third kappa shape index (κ3) is 5.50. The molecule has 1 heterocycles. The number of likely N-dealkylation sites (N-methyl/N-ethyl adjacent to an activating group) is 1. The molecular weight excluding hydrogens is 449 g/mol. The Hall–Kier alpha value is -1.08. The number of ether oxygens (including phenoxy) is 1. The molecule has 1 amide bonds. The number of thiophene rings is 1. The first kappa shape index (κ1) is 25.0. The van der Waals surface area contributed by atoms with Gasteiger partial charge in [-0.05, 0) is 38.6 Å². The van der Waals surface area contributed by atoms with Crippen molar-refractivity contribution >= 4 is 28.9 Å². The minimum Gasteiger partial charge on any atom is -0.465 e. The van der Waals surface area contributed by atoms with Crippen molar-refractivity contribution in [2.45, 2.75) is 40.3 Å². The molecule has 0 spiro atoms. The normalized spacial score (nSPS) is 12.0. The van der Waals surface area contributed by atoms with Gasteiger partial charge in [0.05, 0.1) is 25.9 Å². The molecule has 1 aromatic heterocycles. The topological polar surface area (TPSA) is 55.4 Å². The molecule has 1 atom stereocenters. The zero-order valence-corrected chi connectivity index (χ0v) is 21.0. The van der Waals surface area contributed by atoms with Gasteiger partial charge >= 0.3 is 5.97 Å². The van der Waals surface area contributed by atoms with Crippen molar-refractivity contribution in [2.75, 3.05) is 25.5 Å². The average Bonchev–Trinajstić information content (AvgIpc) is 3.06. The molecule has 5 nitrogen and oxygen atoms in total. The zero-order chi connectivity index (χ0) is 20.0. The molecular formula is C21H29N2O3SY+. The average molecular weight is 478 g/mol. The number of carbonyl (C=O) groups excluding carboxylic acids is 2. The summed E-state index contributed by atoms with van der Waals surface area (Å²) in [7, 11) is 1.35. The molecule has 0 bridgehead atoms. The standard InChI is InChI=1S/C21H28N2O3S.Y/c1-6-23(7-2,13-17-11-9-8-10-12-17)16(4)20(24)22-18-15(3)14-27-19(18)21(25)26-5;/h8-12,14,16H,6-7,13H2,1-5H3;/p+1. The van der Waals surface area contributed by atoms with Gasteiger partial charge in [0, 0.05) is 38.3 Å². The van der Waals surface area contributed by atoms with E-state index in [2.05, 4.69) is 31.3 Å². The Morgan fingerprint density at radius 1 is 1.18 bits per heavy atom. The Balaban J connectivity index is 0.00000392. The Bertz CT molecular complexity index is 788. The van der Waals surface area contributed by atoms with Crippen LogP contribution < -0.4 is 5.32 Å². The number of nitrogens with one attached hydrogen (secondary N) is 1. The summed E-state index contributed by atoms with van der Waals surface area (Å²) in [6.45, 7) is 10.5. The van der Waals surface area contributed by atoms with Gasteiger partial charge in [-0.15, -0.1) is 11.3 Å². The third-order valence-corrected chi connectivity index (χ3v) is 6.47. The van der Waals surface area contributed by atoms with E-state index in [0.29, 0.717) is 15.0 Å². The first-order valence-electron chi connectivity index (χ1n) is 9.25. The van der Waals surface area contributed by atoms with E-state index in [0.717, 1.165) is 25.2 Å². The Kier molecular flexibility index (Phi) is 9.98. The van der Waals surface area contributed by atoms with Gasteiger partial charge in [-0.2, -0.15) is 0 Å². The molecule has 0 fully saturated rings. The zero-order valence-electron chi connectivity index (χ0n) is 17.3. The summed E-state index contributed by atoms with van der Waals surface area (Å²) in [5.74, 6) is -0.506. The van der Waals surface area contributed by atoms with Crippen molar-refractivity contribution in [3.8, 4) is 0 Å². The van der Waals surface area contributed by atoms with Crippen molar-refractivity contribution < 1.29 is 51.5 Å². The fourth-order valence-corrected chi connectivity index (χ4v) is 4.32. The van der Waals surface area contributed by atoms with Crippen LogP contribution in [-0.2, 0) is 48.8 Å². The molecule has 1 N–H and O–H groups in total. The van der Waals surface area contributed by atoms with E-state index in [9.17, 15) is 9.59 Å². The maximum Gasteiger partial charge on any atom is 0.350 e. The van der Waals surface area contributed by atoms with Crippen molar-refractivity contribution in [3.63, 3.8) is 0 Å². The molecule has 0 aliphatic carbocycles.